The number of rotatable bonds is 3. The molecular weight excluding hydrogens is 246 g/mol. The van der Waals surface area contributed by atoms with E-state index in [1.807, 2.05) is 0 Å². The van der Waals surface area contributed by atoms with Gasteiger partial charge in [0.25, 0.3) is 17.7 Å². The average Bonchev–Trinajstić information content (AvgIpc) is 2.43. The lowest BCUT2D eigenvalue weighted by Crippen LogP contribution is -2.40. The fraction of sp³-hybridized carbons (Fsp3) is 0. The number of nitrogens with zero attached hydrogens (tertiary/aromatic N) is 3. The lowest BCUT2D eigenvalue weighted by Gasteiger charge is -2.08. The molecule has 1 rings (SSSR count). The summed E-state index contributed by atoms with van der Waals surface area (Å²) in [4.78, 5) is 34.2. The van der Waals surface area contributed by atoms with Gasteiger partial charge in [0.1, 0.15) is 5.56 Å². The summed E-state index contributed by atoms with van der Waals surface area (Å²) in [6, 6.07) is 0. The van der Waals surface area contributed by atoms with E-state index < -0.39 is 34.7 Å². The summed E-state index contributed by atoms with van der Waals surface area (Å²) in [5.41, 5.74) is 3.65. The van der Waals surface area contributed by atoms with Crippen LogP contribution in [0.4, 0.5) is 0 Å². The van der Waals surface area contributed by atoms with Gasteiger partial charge in [0.2, 0.25) is 0 Å². The topological polar surface area (TPSA) is 204 Å². The van der Waals surface area contributed by atoms with Gasteiger partial charge in [-0.3, -0.25) is 30.7 Å². The molecule has 0 spiro atoms. The van der Waals surface area contributed by atoms with Crippen molar-refractivity contribution in [2.75, 3.05) is 0 Å². The third kappa shape index (κ3) is 2.34. The fourth-order valence-electron chi connectivity index (χ4n) is 1.07. The molecule has 0 aliphatic heterocycles. The average molecular weight is 255 g/mol. The first-order valence-electron chi connectivity index (χ1n) is 4.33. The van der Waals surface area contributed by atoms with Gasteiger partial charge in [-0.15, -0.1) is 10.2 Å². The number of aromatic nitrogens is 3. The Hall–Kier alpha value is -2.70. The van der Waals surface area contributed by atoms with Crippen molar-refractivity contribution in [3.8, 4) is 0 Å². The minimum Gasteiger partial charge on any atom is -0.290 e. The maximum absolute atomic E-state index is 11.5. The Morgan fingerprint density at radius 3 is 1.50 bits per heavy atom. The van der Waals surface area contributed by atoms with E-state index in [0.717, 1.165) is 0 Å². The van der Waals surface area contributed by atoms with E-state index in [1.54, 1.807) is 16.3 Å². The van der Waals surface area contributed by atoms with Crippen LogP contribution < -0.4 is 33.8 Å². The monoisotopic (exact) mass is 255 g/mol. The molecule has 0 fully saturated rings. The predicted octanol–water partition coefficient (Wildman–Crippen LogP) is -4.32. The van der Waals surface area contributed by atoms with Crippen molar-refractivity contribution in [1.82, 2.24) is 31.7 Å². The van der Waals surface area contributed by atoms with Gasteiger partial charge in [-0.1, -0.05) is 0 Å². The molecule has 0 unspecified atom stereocenters. The molecule has 0 aliphatic carbocycles. The molecule has 9 N–H and O–H groups in total. The van der Waals surface area contributed by atoms with Crippen molar-refractivity contribution >= 4 is 17.7 Å². The summed E-state index contributed by atoms with van der Waals surface area (Å²) in [6.07, 6.45) is 0. The molecule has 18 heavy (non-hydrogen) atoms. The molecule has 0 aliphatic rings. The summed E-state index contributed by atoms with van der Waals surface area (Å²) in [5, 5.41) is 9.76. The van der Waals surface area contributed by atoms with Crippen molar-refractivity contribution in [3.63, 3.8) is 0 Å². The molecule has 1 aromatic heterocycles. The minimum atomic E-state index is -0.977. The highest BCUT2D eigenvalue weighted by Gasteiger charge is 2.27. The lowest BCUT2D eigenvalue weighted by atomic mass is 10.1. The van der Waals surface area contributed by atoms with Crippen LogP contribution in [0.5, 0.6) is 0 Å². The summed E-state index contributed by atoms with van der Waals surface area (Å²) in [5.74, 6) is 11.8. The Kier molecular flexibility index (Phi) is 4.14. The van der Waals surface area contributed by atoms with Crippen LogP contribution >= 0.6 is 0 Å². The van der Waals surface area contributed by atoms with Crippen LogP contribution in [0, 0.1) is 0 Å². The zero-order chi connectivity index (χ0) is 13.7. The zero-order valence-electron chi connectivity index (χ0n) is 8.80. The van der Waals surface area contributed by atoms with E-state index >= 15 is 0 Å². The number of carbonyl (C=O) groups is 3. The Labute approximate surface area is 99.2 Å². The number of hydrogen-bond acceptors (Lipinski definition) is 9. The zero-order valence-corrected chi connectivity index (χ0v) is 8.80. The van der Waals surface area contributed by atoms with Crippen LogP contribution in [0.25, 0.3) is 0 Å². The normalized spacial score (nSPS) is 9.50. The SMILES string of the molecule is NNC(=O)c1nnnc(C(=O)NN)c1C(=O)NN. The van der Waals surface area contributed by atoms with Crippen LogP contribution in [-0.2, 0) is 0 Å². The maximum Gasteiger partial charge on any atom is 0.286 e. The summed E-state index contributed by atoms with van der Waals surface area (Å²) in [6.45, 7) is 0. The van der Waals surface area contributed by atoms with Crippen LogP contribution in [0.2, 0.25) is 0 Å². The second-order valence-corrected chi connectivity index (χ2v) is 2.78. The van der Waals surface area contributed by atoms with Gasteiger partial charge in [-0.2, -0.15) is 0 Å². The van der Waals surface area contributed by atoms with Crippen molar-refractivity contribution in [2.24, 2.45) is 17.5 Å². The standard InChI is InChI=1S/C6H9N9O3/c7-10-4(16)1-2(5(17)11-8)13-15-14-3(1)6(18)12-9/h7-9H2,(H,10,16)(H,11,17)(H,12,18). The van der Waals surface area contributed by atoms with Crippen molar-refractivity contribution in [2.45, 2.75) is 0 Å². The molecule has 0 atom stereocenters. The number of carbonyl (C=O) groups excluding carboxylic acids is 3. The Balaban J connectivity index is 3.49. The second-order valence-electron chi connectivity index (χ2n) is 2.78. The number of nitrogen functional groups attached to an aromatic ring is 3. The molecule has 1 heterocycles. The van der Waals surface area contributed by atoms with Crippen LogP contribution in [-0.4, -0.2) is 33.1 Å². The predicted molar refractivity (Wildman–Crippen MR) is 54.8 cm³/mol. The fourth-order valence-corrected chi connectivity index (χ4v) is 1.07. The van der Waals surface area contributed by atoms with Gasteiger partial charge in [0.05, 0.1) is 0 Å². The van der Waals surface area contributed by atoms with Gasteiger partial charge in [0, 0.05) is 0 Å². The molecule has 0 radical (unpaired) electrons. The third-order valence-electron chi connectivity index (χ3n) is 1.81. The molecule has 0 aromatic carbocycles. The molecule has 0 bridgehead atoms. The van der Waals surface area contributed by atoms with Crippen LogP contribution in [0.3, 0.4) is 0 Å². The van der Waals surface area contributed by atoms with E-state index in [-0.39, 0.29) is 0 Å². The molecular formula is C6H9N9O3. The van der Waals surface area contributed by atoms with Gasteiger partial charge >= 0.3 is 0 Å². The molecule has 3 amide bonds. The number of nitrogens with two attached hydrogens (primary N) is 3. The first-order valence-corrected chi connectivity index (χ1v) is 4.33. The highest BCUT2D eigenvalue weighted by Crippen LogP contribution is 2.08. The van der Waals surface area contributed by atoms with Crippen molar-refractivity contribution in [1.29, 1.82) is 0 Å². The summed E-state index contributed by atoms with van der Waals surface area (Å²) < 4.78 is 0. The molecule has 0 saturated carbocycles. The highest BCUT2D eigenvalue weighted by atomic mass is 16.2. The molecule has 0 saturated heterocycles. The number of nitrogens with one attached hydrogen (secondary N) is 3. The highest BCUT2D eigenvalue weighted by molar-refractivity contribution is 6.11. The summed E-state index contributed by atoms with van der Waals surface area (Å²) in [7, 11) is 0. The van der Waals surface area contributed by atoms with E-state index in [1.165, 1.54) is 0 Å². The van der Waals surface area contributed by atoms with Crippen molar-refractivity contribution in [3.05, 3.63) is 17.0 Å². The molecule has 96 valence electrons. The van der Waals surface area contributed by atoms with Gasteiger partial charge in [0.15, 0.2) is 11.4 Å². The molecule has 12 heteroatoms. The summed E-state index contributed by atoms with van der Waals surface area (Å²) >= 11 is 0. The van der Waals surface area contributed by atoms with Gasteiger partial charge in [-0.25, -0.2) is 17.5 Å². The first-order chi connectivity index (χ1) is 8.56. The van der Waals surface area contributed by atoms with E-state index in [4.69, 9.17) is 17.5 Å². The Morgan fingerprint density at radius 2 is 1.17 bits per heavy atom. The molecule has 12 nitrogen and oxygen atoms in total. The van der Waals surface area contributed by atoms with Crippen LogP contribution in [0.15, 0.2) is 0 Å². The number of hydrazine groups is 3. The molecule has 1 aromatic rings. The Bertz CT molecular complexity index is 467. The van der Waals surface area contributed by atoms with E-state index in [9.17, 15) is 14.4 Å². The lowest BCUT2D eigenvalue weighted by molar-refractivity contribution is 0.0897. The second kappa shape index (κ2) is 5.58. The Morgan fingerprint density at radius 1 is 0.778 bits per heavy atom. The van der Waals surface area contributed by atoms with Crippen LogP contribution in [0.1, 0.15) is 31.3 Å². The number of hydrogen-bond donors (Lipinski definition) is 6. The third-order valence-corrected chi connectivity index (χ3v) is 1.81. The number of amides is 3. The van der Waals surface area contributed by atoms with Crippen molar-refractivity contribution < 1.29 is 14.4 Å². The van der Waals surface area contributed by atoms with Gasteiger partial charge in [-0.05, 0) is 5.21 Å². The quantitative estimate of drug-likeness (QED) is 0.175. The first kappa shape index (κ1) is 13.4. The largest absolute Gasteiger partial charge is 0.290 e. The minimum absolute atomic E-state index is 0.501. The van der Waals surface area contributed by atoms with E-state index in [2.05, 4.69) is 15.4 Å². The van der Waals surface area contributed by atoms with E-state index in [0.29, 0.717) is 0 Å². The maximum atomic E-state index is 11.5. The van der Waals surface area contributed by atoms with Gasteiger partial charge < -0.3 is 0 Å². The smallest absolute Gasteiger partial charge is 0.286 e.